The Bertz CT molecular complexity index is 771. The molecule has 1 aromatic carbocycles. The average molecular weight is 423 g/mol. The molecule has 5 aliphatic rings. The van der Waals surface area contributed by atoms with Crippen molar-refractivity contribution in [2.24, 2.45) is 29.1 Å². The van der Waals surface area contributed by atoms with Crippen LogP contribution in [0.4, 0.5) is 0 Å². The van der Waals surface area contributed by atoms with E-state index >= 15 is 0 Å². The van der Waals surface area contributed by atoms with Crippen molar-refractivity contribution >= 4 is 11.8 Å². The molecule has 0 aromatic heterocycles. The topological polar surface area (TPSA) is 49.4 Å². The Morgan fingerprint density at radius 2 is 1.55 bits per heavy atom. The van der Waals surface area contributed by atoms with Crippen LogP contribution in [0.15, 0.2) is 30.3 Å². The molecule has 0 atom stereocenters. The maximum absolute atomic E-state index is 13.2. The predicted molar refractivity (Wildman–Crippen MR) is 122 cm³/mol. The normalized spacial score (nSPS) is 32.7. The molecule has 0 saturated heterocycles. The highest BCUT2D eigenvalue weighted by atomic mass is 16.2. The number of rotatable bonds is 7. The molecule has 5 saturated carbocycles. The van der Waals surface area contributed by atoms with Gasteiger partial charge in [-0.15, -0.1) is 0 Å². The van der Waals surface area contributed by atoms with Gasteiger partial charge in [-0.05, 0) is 79.6 Å². The molecular formula is C27H38N2O2. The van der Waals surface area contributed by atoms with Crippen molar-refractivity contribution in [2.45, 2.75) is 83.2 Å². The van der Waals surface area contributed by atoms with E-state index in [1.165, 1.54) is 32.1 Å². The van der Waals surface area contributed by atoms with Crippen molar-refractivity contribution in [3.05, 3.63) is 35.9 Å². The summed E-state index contributed by atoms with van der Waals surface area (Å²) in [6, 6.07) is 10.6. The van der Waals surface area contributed by atoms with Crippen LogP contribution in [0, 0.1) is 29.1 Å². The van der Waals surface area contributed by atoms with Crippen LogP contribution < -0.4 is 5.32 Å². The van der Waals surface area contributed by atoms with Gasteiger partial charge in [-0.3, -0.25) is 9.59 Å². The van der Waals surface area contributed by atoms with Crippen LogP contribution in [0.5, 0.6) is 0 Å². The van der Waals surface area contributed by atoms with E-state index in [-0.39, 0.29) is 17.2 Å². The standard InChI is InChI=1S/C27H38N2O2/c1-29(18-19-7-3-2-4-8-19)25(31)17-27(9-5-6-10-27)16-24(30)28-26-22-12-20-11-21(14-22)15-23(26)13-20/h2-4,7-8,20-23,26H,5-6,9-18H2,1H3,(H,28,30). The van der Waals surface area contributed by atoms with Crippen molar-refractivity contribution in [1.82, 2.24) is 10.2 Å². The van der Waals surface area contributed by atoms with E-state index in [0.717, 1.165) is 43.1 Å². The zero-order chi connectivity index (χ0) is 21.4. The summed E-state index contributed by atoms with van der Waals surface area (Å²) in [4.78, 5) is 28.1. The number of nitrogens with zero attached hydrogens (tertiary/aromatic N) is 1. The lowest BCUT2D eigenvalue weighted by atomic mass is 9.54. The Morgan fingerprint density at radius 1 is 0.935 bits per heavy atom. The van der Waals surface area contributed by atoms with Gasteiger partial charge in [0.15, 0.2) is 0 Å². The van der Waals surface area contributed by atoms with E-state index in [1.807, 2.05) is 30.1 Å². The van der Waals surface area contributed by atoms with Crippen molar-refractivity contribution in [3.63, 3.8) is 0 Å². The minimum absolute atomic E-state index is 0.141. The van der Waals surface area contributed by atoms with Gasteiger partial charge >= 0.3 is 0 Å². The Labute approximate surface area is 187 Å². The molecule has 0 radical (unpaired) electrons. The highest BCUT2D eigenvalue weighted by Gasteiger charge is 2.49. The van der Waals surface area contributed by atoms with E-state index < -0.39 is 0 Å². The molecule has 4 nitrogen and oxygen atoms in total. The number of nitrogens with one attached hydrogen (secondary N) is 1. The first-order valence-electron chi connectivity index (χ1n) is 12.6. The van der Waals surface area contributed by atoms with Crippen LogP contribution >= 0.6 is 0 Å². The van der Waals surface area contributed by atoms with Crippen LogP contribution in [0.25, 0.3) is 0 Å². The van der Waals surface area contributed by atoms with Crippen LogP contribution in [0.2, 0.25) is 0 Å². The molecule has 5 fully saturated rings. The number of benzene rings is 1. The third-order valence-corrected chi connectivity index (χ3v) is 8.97. The molecule has 31 heavy (non-hydrogen) atoms. The van der Waals surface area contributed by atoms with E-state index in [9.17, 15) is 9.59 Å². The molecule has 5 aliphatic carbocycles. The fourth-order valence-corrected chi connectivity index (χ4v) is 7.68. The summed E-state index contributed by atoms with van der Waals surface area (Å²) in [6.07, 6.45) is 12.1. The predicted octanol–water partition coefficient (Wildman–Crippen LogP) is 4.93. The molecular weight excluding hydrogens is 384 g/mol. The molecule has 0 heterocycles. The van der Waals surface area contributed by atoms with E-state index in [1.54, 1.807) is 0 Å². The second kappa shape index (κ2) is 8.60. The lowest BCUT2D eigenvalue weighted by Gasteiger charge is -2.54. The van der Waals surface area contributed by atoms with Gasteiger partial charge in [-0.2, -0.15) is 0 Å². The first kappa shape index (κ1) is 21.0. The zero-order valence-corrected chi connectivity index (χ0v) is 19.0. The Hall–Kier alpha value is -1.84. The van der Waals surface area contributed by atoms with Gasteiger partial charge in [0, 0.05) is 32.5 Å². The fourth-order valence-electron chi connectivity index (χ4n) is 7.68. The van der Waals surface area contributed by atoms with Crippen molar-refractivity contribution in [1.29, 1.82) is 0 Å². The molecule has 4 bridgehead atoms. The van der Waals surface area contributed by atoms with Crippen LogP contribution in [-0.2, 0) is 16.1 Å². The summed E-state index contributed by atoms with van der Waals surface area (Å²) in [5, 5.41) is 3.49. The summed E-state index contributed by atoms with van der Waals surface area (Å²) in [7, 11) is 1.90. The fraction of sp³-hybridized carbons (Fsp3) is 0.704. The van der Waals surface area contributed by atoms with Gasteiger partial charge in [0.05, 0.1) is 0 Å². The number of hydrogen-bond donors (Lipinski definition) is 1. The zero-order valence-electron chi connectivity index (χ0n) is 19.0. The monoisotopic (exact) mass is 422 g/mol. The van der Waals surface area contributed by atoms with Gasteiger partial charge < -0.3 is 10.2 Å². The molecule has 168 valence electrons. The van der Waals surface area contributed by atoms with Gasteiger partial charge in [-0.25, -0.2) is 0 Å². The van der Waals surface area contributed by atoms with Crippen LogP contribution in [0.1, 0.15) is 76.2 Å². The van der Waals surface area contributed by atoms with E-state index in [2.05, 4.69) is 17.4 Å². The van der Waals surface area contributed by atoms with Crippen LogP contribution in [0.3, 0.4) is 0 Å². The first-order chi connectivity index (χ1) is 15.0. The van der Waals surface area contributed by atoms with Crippen molar-refractivity contribution < 1.29 is 9.59 Å². The van der Waals surface area contributed by atoms with Gasteiger partial charge in [0.1, 0.15) is 0 Å². The van der Waals surface area contributed by atoms with E-state index in [4.69, 9.17) is 0 Å². The highest BCUT2D eigenvalue weighted by Crippen LogP contribution is 2.54. The van der Waals surface area contributed by atoms with Gasteiger partial charge in [0.2, 0.25) is 11.8 Å². The maximum Gasteiger partial charge on any atom is 0.223 e. The smallest absolute Gasteiger partial charge is 0.223 e. The number of amides is 2. The summed E-state index contributed by atoms with van der Waals surface area (Å²) in [5.41, 5.74) is 1.01. The molecule has 1 aromatic rings. The average Bonchev–Trinajstić information content (AvgIpc) is 3.18. The third-order valence-electron chi connectivity index (χ3n) is 8.97. The first-order valence-corrected chi connectivity index (χ1v) is 12.6. The summed E-state index contributed by atoms with van der Waals surface area (Å²) < 4.78 is 0. The molecule has 2 amide bonds. The minimum Gasteiger partial charge on any atom is -0.353 e. The van der Waals surface area contributed by atoms with Gasteiger partial charge in [0.25, 0.3) is 0 Å². The number of hydrogen-bond acceptors (Lipinski definition) is 2. The molecule has 0 aliphatic heterocycles. The molecule has 6 rings (SSSR count). The van der Waals surface area contributed by atoms with Crippen LogP contribution in [-0.4, -0.2) is 29.8 Å². The molecule has 4 heteroatoms. The van der Waals surface area contributed by atoms with E-state index in [0.29, 0.717) is 37.3 Å². The summed E-state index contributed by atoms with van der Waals surface area (Å²) >= 11 is 0. The maximum atomic E-state index is 13.2. The second-order valence-corrected chi connectivity index (χ2v) is 11.3. The quantitative estimate of drug-likeness (QED) is 0.678. The lowest BCUT2D eigenvalue weighted by molar-refractivity contribution is -0.134. The largest absolute Gasteiger partial charge is 0.353 e. The Kier molecular flexibility index (Phi) is 5.83. The molecule has 0 unspecified atom stereocenters. The van der Waals surface area contributed by atoms with Crippen molar-refractivity contribution in [3.8, 4) is 0 Å². The Balaban J connectivity index is 1.19. The molecule has 0 spiro atoms. The van der Waals surface area contributed by atoms with Crippen molar-refractivity contribution in [2.75, 3.05) is 7.05 Å². The SMILES string of the molecule is CN(Cc1ccccc1)C(=O)CC1(CC(=O)NC2C3CC4CC(C3)CC2C4)CCCC1. The highest BCUT2D eigenvalue weighted by molar-refractivity contribution is 5.80. The number of carbonyl (C=O) groups excluding carboxylic acids is 2. The lowest BCUT2D eigenvalue weighted by Crippen LogP contribution is -2.56. The Morgan fingerprint density at radius 3 is 2.16 bits per heavy atom. The second-order valence-electron chi connectivity index (χ2n) is 11.3. The summed E-state index contributed by atoms with van der Waals surface area (Å²) in [5.74, 6) is 3.65. The number of carbonyl (C=O) groups is 2. The molecule has 1 N–H and O–H groups in total. The third kappa shape index (κ3) is 4.54. The summed E-state index contributed by atoms with van der Waals surface area (Å²) in [6.45, 7) is 0.635. The minimum atomic E-state index is -0.141. The van der Waals surface area contributed by atoms with Gasteiger partial charge in [-0.1, -0.05) is 43.2 Å².